The Kier molecular flexibility index (Phi) is 6.74. The minimum atomic E-state index is -0.515. The predicted molar refractivity (Wildman–Crippen MR) is 248 cm³/mol. The van der Waals surface area contributed by atoms with Crippen molar-refractivity contribution in [3.8, 4) is 44.5 Å². The van der Waals surface area contributed by atoms with Crippen molar-refractivity contribution in [3.63, 3.8) is 0 Å². The highest BCUT2D eigenvalue weighted by Gasteiger charge is 2.54. The molecule has 0 saturated carbocycles. The third kappa shape index (κ3) is 4.22. The Balaban J connectivity index is 1.20. The molecule has 60 heavy (non-hydrogen) atoms. The fraction of sp³-hybridized carbons (Fsp3) is 0.0690. The lowest BCUT2D eigenvalue weighted by Gasteiger charge is -2.35. The molecular weight excluding hydrogens is 727 g/mol. The molecule has 0 aliphatic heterocycles. The Bertz CT molecular complexity index is 3360. The van der Waals surface area contributed by atoms with Crippen molar-refractivity contribution in [1.82, 2.24) is 0 Å². The van der Waals surface area contributed by atoms with Gasteiger partial charge in [-0.1, -0.05) is 184 Å². The van der Waals surface area contributed by atoms with E-state index in [-0.39, 0.29) is 5.41 Å². The summed E-state index contributed by atoms with van der Waals surface area (Å²) >= 11 is 0. The lowest BCUT2D eigenvalue weighted by Crippen LogP contribution is -2.27. The van der Waals surface area contributed by atoms with E-state index >= 15 is 0 Å². The van der Waals surface area contributed by atoms with Crippen LogP contribution >= 0.6 is 0 Å². The number of anilines is 3. The molecule has 0 fully saturated rings. The van der Waals surface area contributed by atoms with E-state index in [1.54, 1.807) is 0 Å². The van der Waals surface area contributed by atoms with Crippen LogP contribution in [0.5, 0.6) is 0 Å². The van der Waals surface area contributed by atoms with Gasteiger partial charge in [-0.25, -0.2) is 0 Å². The van der Waals surface area contributed by atoms with E-state index in [1.165, 1.54) is 83.6 Å². The molecule has 1 aromatic heterocycles. The maximum atomic E-state index is 6.92. The molecule has 0 amide bonds. The molecule has 1 spiro atoms. The van der Waals surface area contributed by atoms with E-state index in [4.69, 9.17) is 4.42 Å². The average molecular weight is 766 g/mol. The maximum Gasteiger partial charge on any atom is 0.159 e. The molecule has 0 N–H and O–H groups in total. The molecule has 3 aliphatic rings. The second kappa shape index (κ2) is 12.1. The van der Waals surface area contributed by atoms with E-state index in [0.29, 0.717) is 0 Å². The Morgan fingerprint density at radius 2 is 0.933 bits per heavy atom. The van der Waals surface area contributed by atoms with Crippen molar-refractivity contribution in [2.45, 2.75) is 24.7 Å². The third-order valence-corrected chi connectivity index (χ3v) is 13.9. The number of hydrogen-bond acceptors (Lipinski definition) is 2. The molecule has 0 atom stereocenters. The molecule has 10 aromatic rings. The second-order valence-corrected chi connectivity index (χ2v) is 17.1. The van der Waals surface area contributed by atoms with Gasteiger partial charge in [-0.05, 0) is 108 Å². The fourth-order valence-electron chi connectivity index (χ4n) is 11.4. The number of nitrogens with zero attached hydrogens (tertiary/aromatic N) is 1. The highest BCUT2D eigenvalue weighted by molar-refractivity contribution is 6.12. The minimum absolute atomic E-state index is 0.323. The smallest absolute Gasteiger partial charge is 0.159 e. The number of rotatable bonds is 4. The van der Waals surface area contributed by atoms with Gasteiger partial charge in [0.1, 0.15) is 5.58 Å². The molecule has 1 heterocycles. The standard InChI is InChI=1S/C58H39NO/c1-57(2)45-25-11-8-22-43(45)54-53-44-23-9-14-28-48(44)58(46-26-12-6-19-39(46)40-20-7-13-27-47(40)58)49(53)35-51(55(54)57)59(38-33-31-37(32-34-38)36-17-4-3-5-18-36)50-29-16-24-42-41-21-10-15-30-52(41)60-56(42)50/h3-35H,1-2H3. The monoisotopic (exact) mass is 765 g/mol. The molecule has 0 saturated heterocycles. The number of benzene rings is 9. The van der Waals surface area contributed by atoms with Gasteiger partial charge in [0.2, 0.25) is 0 Å². The van der Waals surface area contributed by atoms with Crippen molar-refractivity contribution in [3.05, 3.63) is 234 Å². The lowest BCUT2D eigenvalue weighted by atomic mass is 9.69. The molecule has 13 rings (SSSR count). The molecule has 0 bridgehead atoms. The van der Waals surface area contributed by atoms with Crippen molar-refractivity contribution < 1.29 is 4.42 Å². The SMILES string of the molecule is CC1(C)c2ccccc2-c2c3c(cc(N(c4ccc(-c5ccccc5)cc4)c4cccc5c4oc4ccccc45)c21)C1(c2ccccc2-c2ccccc21)c1ccccc1-3. The van der Waals surface area contributed by atoms with Gasteiger partial charge >= 0.3 is 0 Å². The van der Waals surface area contributed by atoms with Crippen LogP contribution in [0, 0.1) is 0 Å². The van der Waals surface area contributed by atoms with E-state index in [1.807, 2.05) is 0 Å². The molecule has 0 radical (unpaired) electrons. The molecule has 3 aliphatic carbocycles. The summed E-state index contributed by atoms with van der Waals surface area (Å²) in [5, 5.41) is 2.23. The Morgan fingerprint density at radius 3 is 1.63 bits per heavy atom. The maximum absolute atomic E-state index is 6.92. The summed E-state index contributed by atoms with van der Waals surface area (Å²) in [5.41, 5.74) is 22.5. The average Bonchev–Trinajstić information content (AvgIpc) is 4.00. The molecule has 282 valence electrons. The van der Waals surface area contributed by atoms with Crippen molar-refractivity contribution in [2.24, 2.45) is 0 Å². The number of furan rings is 1. The lowest BCUT2D eigenvalue weighted by molar-refractivity contribution is 0.658. The van der Waals surface area contributed by atoms with Gasteiger partial charge in [0, 0.05) is 21.9 Å². The van der Waals surface area contributed by atoms with Crippen LogP contribution in [0.25, 0.3) is 66.4 Å². The van der Waals surface area contributed by atoms with Crippen molar-refractivity contribution in [1.29, 1.82) is 0 Å². The van der Waals surface area contributed by atoms with Crippen molar-refractivity contribution in [2.75, 3.05) is 4.90 Å². The van der Waals surface area contributed by atoms with Crippen LogP contribution in [-0.2, 0) is 10.8 Å². The Hall–Kier alpha value is -7.42. The van der Waals surface area contributed by atoms with Crippen LogP contribution < -0.4 is 4.90 Å². The zero-order valence-electron chi connectivity index (χ0n) is 33.4. The largest absolute Gasteiger partial charge is 0.454 e. The predicted octanol–water partition coefficient (Wildman–Crippen LogP) is 15.4. The highest BCUT2D eigenvalue weighted by Crippen LogP contribution is 2.68. The highest BCUT2D eigenvalue weighted by atomic mass is 16.3. The topological polar surface area (TPSA) is 16.4 Å². The number of fused-ring (bicyclic) bond motifs is 17. The second-order valence-electron chi connectivity index (χ2n) is 17.1. The summed E-state index contributed by atoms with van der Waals surface area (Å²) in [7, 11) is 0. The third-order valence-electron chi connectivity index (χ3n) is 13.9. The molecule has 0 unspecified atom stereocenters. The first-order chi connectivity index (χ1) is 29.5. The van der Waals surface area contributed by atoms with E-state index in [2.05, 4.69) is 219 Å². The Morgan fingerprint density at radius 1 is 0.400 bits per heavy atom. The van der Waals surface area contributed by atoms with Gasteiger partial charge in [-0.2, -0.15) is 0 Å². The van der Waals surface area contributed by atoms with Gasteiger partial charge in [0.25, 0.3) is 0 Å². The van der Waals surface area contributed by atoms with Crippen LogP contribution in [0.1, 0.15) is 47.2 Å². The molecular formula is C58H39NO. The van der Waals surface area contributed by atoms with E-state index in [0.717, 1.165) is 33.3 Å². The van der Waals surface area contributed by atoms with Crippen LogP contribution in [0.15, 0.2) is 205 Å². The quantitative estimate of drug-likeness (QED) is 0.177. The first-order valence-corrected chi connectivity index (χ1v) is 21.0. The summed E-state index contributed by atoms with van der Waals surface area (Å²) in [5.74, 6) is 0. The first-order valence-electron chi connectivity index (χ1n) is 21.0. The fourth-order valence-corrected chi connectivity index (χ4v) is 11.4. The zero-order chi connectivity index (χ0) is 39.7. The summed E-state index contributed by atoms with van der Waals surface area (Å²) in [6.45, 7) is 4.84. The van der Waals surface area contributed by atoms with Gasteiger partial charge in [-0.3, -0.25) is 0 Å². The van der Waals surface area contributed by atoms with E-state index in [9.17, 15) is 0 Å². The first kappa shape index (κ1) is 33.5. The van der Waals surface area contributed by atoms with Gasteiger partial charge in [0.15, 0.2) is 5.58 Å². The molecule has 2 heteroatoms. The minimum Gasteiger partial charge on any atom is -0.454 e. The summed E-state index contributed by atoms with van der Waals surface area (Å²) < 4.78 is 6.92. The number of hydrogen-bond donors (Lipinski definition) is 0. The van der Waals surface area contributed by atoms with Gasteiger partial charge < -0.3 is 9.32 Å². The van der Waals surface area contributed by atoms with Crippen LogP contribution in [0.3, 0.4) is 0 Å². The van der Waals surface area contributed by atoms with Crippen LogP contribution in [-0.4, -0.2) is 0 Å². The molecule has 9 aromatic carbocycles. The van der Waals surface area contributed by atoms with Gasteiger partial charge in [0.05, 0.1) is 16.8 Å². The summed E-state index contributed by atoms with van der Waals surface area (Å²) in [6, 6.07) is 74.0. The van der Waals surface area contributed by atoms with Gasteiger partial charge in [-0.15, -0.1) is 0 Å². The Labute approximate surface area is 349 Å². The number of para-hydroxylation sites is 2. The zero-order valence-corrected chi connectivity index (χ0v) is 33.4. The molecule has 2 nitrogen and oxygen atoms in total. The van der Waals surface area contributed by atoms with E-state index < -0.39 is 5.41 Å². The summed E-state index contributed by atoms with van der Waals surface area (Å²) in [4.78, 5) is 2.51. The van der Waals surface area contributed by atoms with Crippen LogP contribution in [0.2, 0.25) is 0 Å². The normalized spacial score (nSPS) is 14.4. The van der Waals surface area contributed by atoms with Crippen LogP contribution in [0.4, 0.5) is 17.1 Å². The summed E-state index contributed by atoms with van der Waals surface area (Å²) in [6.07, 6.45) is 0. The van der Waals surface area contributed by atoms with Crippen molar-refractivity contribution >= 4 is 39.0 Å².